The van der Waals surface area contributed by atoms with Crippen LogP contribution in [0.4, 0.5) is 0 Å². The molecule has 3 N–H and O–H groups in total. The minimum atomic E-state index is -0.988. The number of aliphatic carboxylic acids is 1. The molecule has 6 heteroatoms. The third kappa shape index (κ3) is 3.82. The molecule has 1 heterocycles. The van der Waals surface area contributed by atoms with Gasteiger partial charge in [0.05, 0.1) is 6.42 Å². The van der Waals surface area contributed by atoms with E-state index in [-0.39, 0.29) is 12.3 Å². The fourth-order valence-electron chi connectivity index (χ4n) is 2.46. The van der Waals surface area contributed by atoms with E-state index < -0.39 is 12.0 Å². The highest BCUT2D eigenvalue weighted by atomic mass is 32.2. The Labute approximate surface area is 133 Å². The number of hydrogen-bond acceptors (Lipinski definition) is 3. The maximum atomic E-state index is 12.2. The van der Waals surface area contributed by atoms with Crippen LogP contribution < -0.4 is 5.32 Å². The normalized spacial score (nSPS) is 12.3. The number of aromatic nitrogens is 1. The first kappa shape index (κ1) is 16.4. The van der Waals surface area contributed by atoms with Gasteiger partial charge in [-0.25, -0.2) is 4.79 Å². The number of nitrogens with one attached hydrogen (secondary N) is 2. The lowest BCUT2D eigenvalue weighted by Crippen LogP contribution is -2.41. The summed E-state index contributed by atoms with van der Waals surface area (Å²) in [5, 5.41) is 12.8. The van der Waals surface area contributed by atoms with Crippen LogP contribution in [0.2, 0.25) is 0 Å². The van der Waals surface area contributed by atoms with Gasteiger partial charge in [0.2, 0.25) is 5.91 Å². The van der Waals surface area contributed by atoms with Gasteiger partial charge in [-0.1, -0.05) is 18.2 Å². The van der Waals surface area contributed by atoms with Crippen LogP contribution in [0.3, 0.4) is 0 Å². The van der Waals surface area contributed by atoms with Gasteiger partial charge in [-0.05, 0) is 37.0 Å². The Bertz CT molecular complexity index is 681. The molecule has 5 nitrogen and oxygen atoms in total. The van der Waals surface area contributed by atoms with Gasteiger partial charge in [0.1, 0.15) is 6.04 Å². The predicted molar refractivity (Wildman–Crippen MR) is 89.3 cm³/mol. The average molecular weight is 320 g/mol. The third-order valence-electron chi connectivity index (χ3n) is 3.61. The summed E-state index contributed by atoms with van der Waals surface area (Å²) in [5.41, 5.74) is 2.84. The Kier molecular flexibility index (Phi) is 5.49. The summed E-state index contributed by atoms with van der Waals surface area (Å²) < 4.78 is 0. The fraction of sp³-hybridized carbons (Fsp3) is 0.375. The predicted octanol–water partition coefficient (Wildman–Crippen LogP) is 2.34. The summed E-state index contributed by atoms with van der Waals surface area (Å²) in [6, 6.07) is 6.96. The third-order valence-corrected chi connectivity index (χ3v) is 4.25. The van der Waals surface area contributed by atoms with E-state index in [4.69, 9.17) is 0 Å². The molecule has 22 heavy (non-hydrogen) atoms. The fourth-order valence-corrected chi connectivity index (χ4v) is 2.93. The topological polar surface area (TPSA) is 82.2 Å². The van der Waals surface area contributed by atoms with E-state index in [1.165, 1.54) is 0 Å². The van der Waals surface area contributed by atoms with Gasteiger partial charge >= 0.3 is 5.97 Å². The molecule has 0 saturated heterocycles. The zero-order valence-corrected chi connectivity index (χ0v) is 13.5. The summed E-state index contributed by atoms with van der Waals surface area (Å²) in [6.07, 6.45) is 2.52. The van der Waals surface area contributed by atoms with Gasteiger partial charge in [-0.15, -0.1) is 0 Å². The molecule has 0 aliphatic heterocycles. The number of aromatic amines is 1. The Morgan fingerprint density at radius 1 is 1.36 bits per heavy atom. The van der Waals surface area contributed by atoms with Crippen LogP contribution in [0, 0.1) is 6.92 Å². The Morgan fingerprint density at radius 2 is 2.09 bits per heavy atom. The average Bonchev–Trinajstić information content (AvgIpc) is 2.79. The van der Waals surface area contributed by atoms with Crippen LogP contribution in [0.1, 0.15) is 17.7 Å². The number of benzene rings is 1. The molecule has 0 spiro atoms. The van der Waals surface area contributed by atoms with E-state index >= 15 is 0 Å². The lowest BCUT2D eigenvalue weighted by atomic mass is 10.1. The zero-order chi connectivity index (χ0) is 16.1. The molecule has 0 aliphatic carbocycles. The number of carboxylic acid groups (broad SMARTS) is 1. The van der Waals surface area contributed by atoms with Crippen molar-refractivity contribution in [1.82, 2.24) is 10.3 Å². The van der Waals surface area contributed by atoms with E-state index in [1.54, 1.807) is 11.8 Å². The van der Waals surface area contributed by atoms with Crippen molar-refractivity contribution in [1.29, 1.82) is 0 Å². The molecule has 0 radical (unpaired) electrons. The van der Waals surface area contributed by atoms with E-state index in [0.717, 1.165) is 22.2 Å². The minimum absolute atomic E-state index is 0.179. The van der Waals surface area contributed by atoms with Crippen LogP contribution in [0.15, 0.2) is 24.3 Å². The van der Waals surface area contributed by atoms with Crippen LogP contribution in [0.5, 0.6) is 0 Å². The molecule has 2 aromatic rings. The number of aryl methyl sites for hydroxylation is 1. The van der Waals surface area contributed by atoms with Gasteiger partial charge in [0.15, 0.2) is 0 Å². The quantitative estimate of drug-likeness (QED) is 0.731. The summed E-state index contributed by atoms with van der Waals surface area (Å²) in [6.45, 7) is 1.92. The van der Waals surface area contributed by atoms with Crippen molar-refractivity contribution in [3.8, 4) is 0 Å². The number of carbonyl (C=O) groups excluding carboxylic acids is 1. The molecule has 118 valence electrons. The van der Waals surface area contributed by atoms with Crippen molar-refractivity contribution in [2.45, 2.75) is 25.8 Å². The first-order valence-corrected chi connectivity index (χ1v) is 8.49. The Hall–Kier alpha value is -1.95. The number of thioether (sulfide) groups is 1. The molecular formula is C16H20N2O3S. The number of fused-ring (bicyclic) bond motifs is 1. The number of carboxylic acids is 1. The lowest BCUT2D eigenvalue weighted by molar-refractivity contribution is -0.141. The van der Waals surface area contributed by atoms with Gasteiger partial charge in [0.25, 0.3) is 0 Å². The van der Waals surface area contributed by atoms with Crippen molar-refractivity contribution in [3.63, 3.8) is 0 Å². The second-order valence-electron chi connectivity index (χ2n) is 5.19. The summed E-state index contributed by atoms with van der Waals surface area (Å²) in [4.78, 5) is 26.6. The van der Waals surface area contributed by atoms with Crippen LogP contribution in [0.25, 0.3) is 10.9 Å². The van der Waals surface area contributed by atoms with Crippen molar-refractivity contribution in [2.75, 3.05) is 12.0 Å². The molecule has 0 unspecified atom stereocenters. The van der Waals surface area contributed by atoms with Crippen LogP contribution >= 0.6 is 11.8 Å². The second-order valence-corrected chi connectivity index (χ2v) is 6.18. The molecule has 0 bridgehead atoms. The van der Waals surface area contributed by atoms with Crippen molar-refractivity contribution >= 4 is 34.5 Å². The van der Waals surface area contributed by atoms with E-state index in [2.05, 4.69) is 10.3 Å². The number of para-hydroxylation sites is 1. The minimum Gasteiger partial charge on any atom is -0.480 e. The number of rotatable bonds is 7. The largest absolute Gasteiger partial charge is 0.480 e. The van der Waals surface area contributed by atoms with E-state index in [1.807, 2.05) is 37.4 Å². The van der Waals surface area contributed by atoms with Gasteiger partial charge in [-0.2, -0.15) is 11.8 Å². The maximum Gasteiger partial charge on any atom is 0.326 e. The van der Waals surface area contributed by atoms with Gasteiger partial charge in [-0.3, -0.25) is 4.79 Å². The number of hydrogen-bond donors (Lipinski definition) is 3. The smallest absolute Gasteiger partial charge is 0.326 e. The number of carbonyl (C=O) groups is 2. The van der Waals surface area contributed by atoms with Gasteiger partial charge < -0.3 is 15.4 Å². The molecule has 2 rings (SSSR count). The second kappa shape index (κ2) is 7.35. The molecule has 1 atom stereocenters. The highest BCUT2D eigenvalue weighted by molar-refractivity contribution is 7.98. The molecule has 1 amide bonds. The molecule has 1 aromatic heterocycles. The van der Waals surface area contributed by atoms with Crippen LogP contribution in [-0.2, 0) is 16.0 Å². The number of H-pyrrole nitrogens is 1. The Morgan fingerprint density at radius 3 is 2.77 bits per heavy atom. The maximum absolute atomic E-state index is 12.2. The van der Waals surface area contributed by atoms with Gasteiger partial charge in [0, 0.05) is 16.6 Å². The molecule has 0 fully saturated rings. The van der Waals surface area contributed by atoms with E-state index in [9.17, 15) is 14.7 Å². The summed E-state index contributed by atoms with van der Waals surface area (Å²) in [5.74, 6) is -0.553. The van der Waals surface area contributed by atoms with E-state index in [0.29, 0.717) is 12.2 Å². The van der Waals surface area contributed by atoms with Crippen LogP contribution in [-0.4, -0.2) is 40.0 Å². The monoisotopic (exact) mass is 320 g/mol. The van der Waals surface area contributed by atoms with Crippen molar-refractivity contribution < 1.29 is 14.7 Å². The first-order valence-electron chi connectivity index (χ1n) is 7.10. The molecule has 0 saturated carbocycles. The Balaban J connectivity index is 2.10. The first-order chi connectivity index (χ1) is 10.5. The highest BCUT2D eigenvalue weighted by Gasteiger charge is 2.20. The summed E-state index contributed by atoms with van der Waals surface area (Å²) in [7, 11) is 0. The van der Waals surface area contributed by atoms with Crippen molar-refractivity contribution in [3.05, 3.63) is 35.5 Å². The lowest BCUT2D eigenvalue weighted by Gasteiger charge is -2.14. The SMILES string of the molecule is CSCC[C@@H](NC(=O)Cc1c(C)[nH]c2ccccc12)C(=O)O. The molecule has 0 aliphatic rings. The number of amides is 1. The summed E-state index contributed by atoms with van der Waals surface area (Å²) >= 11 is 1.56. The molecular weight excluding hydrogens is 300 g/mol. The zero-order valence-electron chi connectivity index (χ0n) is 12.7. The molecule has 1 aromatic carbocycles. The van der Waals surface area contributed by atoms with Crippen molar-refractivity contribution in [2.24, 2.45) is 0 Å². The standard InChI is InChI=1S/C16H20N2O3S/c1-10-12(11-5-3-4-6-13(11)17-10)9-15(19)18-14(16(20)21)7-8-22-2/h3-6,14,17H,7-9H2,1-2H3,(H,18,19)(H,20,21)/t14-/m1/s1. The highest BCUT2D eigenvalue weighted by Crippen LogP contribution is 2.22.